The maximum atomic E-state index is 12.7. The first-order valence-electron chi connectivity index (χ1n) is 5.36. The molecule has 0 radical (unpaired) electrons. The van der Waals surface area contributed by atoms with Crippen LogP contribution in [0.5, 0.6) is 5.75 Å². The minimum atomic E-state index is -4.36. The topological polar surface area (TPSA) is 9.23 Å². The van der Waals surface area contributed by atoms with Crippen molar-refractivity contribution in [1.29, 1.82) is 0 Å². The molecule has 1 unspecified atom stereocenters. The van der Waals surface area contributed by atoms with Crippen molar-refractivity contribution in [3.8, 4) is 5.75 Å². The molecule has 0 heterocycles. The van der Waals surface area contributed by atoms with Gasteiger partial charge in [0, 0.05) is 0 Å². The van der Waals surface area contributed by atoms with Crippen molar-refractivity contribution in [2.24, 2.45) is 0 Å². The Bertz CT molecular complexity index is 396. The highest BCUT2D eigenvalue weighted by Gasteiger charge is 2.31. The van der Waals surface area contributed by atoms with Crippen molar-refractivity contribution in [3.63, 3.8) is 0 Å². The van der Waals surface area contributed by atoms with E-state index in [2.05, 4.69) is 6.58 Å². The second-order valence-corrected chi connectivity index (χ2v) is 3.75. The van der Waals surface area contributed by atoms with Gasteiger partial charge >= 0.3 is 6.18 Å². The summed E-state index contributed by atoms with van der Waals surface area (Å²) in [4.78, 5) is 0. The Labute approximate surface area is 98.9 Å². The highest BCUT2D eigenvalue weighted by atomic mass is 19.4. The molecule has 17 heavy (non-hydrogen) atoms. The number of hydrogen-bond acceptors (Lipinski definition) is 1. The molecule has 1 nitrogen and oxygen atoms in total. The maximum Gasteiger partial charge on any atom is 0.416 e. The first kappa shape index (κ1) is 13.6. The zero-order valence-corrected chi connectivity index (χ0v) is 9.84. The van der Waals surface area contributed by atoms with Crippen LogP contribution in [0.25, 0.3) is 0 Å². The first-order valence-corrected chi connectivity index (χ1v) is 5.36. The van der Waals surface area contributed by atoms with Crippen LogP contribution in [0, 0.1) is 0 Å². The van der Waals surface area contributed by atoms with Crippen LogP contribution in [0.1, 0.15) is 30.9 Å². The maximum absolute atomic E-state index is 12.7. The fourth-order valence-corrected chi connectivity index (χ4v) is 1.43. The number of benzene rings is 1. The number of halogens is 3. The predicted octanol–water partition coefficient (Wildman–Crippen LogP) is 4.39. The average Bonchev–Trinajstić information content (AvgIpc) is 2.27. The normalized spacial score (nSPS) is 13.2. The van der Waals surface area contributed by atoms with E-state index in [1.807, 2.05) is 0 Å². The minimum absolute atomic E-state index is 0.142. The molecule has 0 aliphatic carbocycles. The molecule has 0 aliphatic rings. The smallest absolute Gasteiger partial charge is 0.416 e. The second kappa shape index (κ2) is 5.25. The summed E-state index contributed by atoms with van der Waals surface area (Å²) < 4.78 is 43.2. The lowest BCUT2D eigenvalue weighted by atomic mass is 9.98. The van der Waals surface area contributed by atoms with Gasteiger partial charge in [0.25, 0.3) is 0 Å². The summed E-state index contributed by atoms with van der Waals surface area (Å²) in [5.74, 6) is 0.0996. The molecule has 1 aromatic rings. The summed E-state index contributed by atoms with van der Waals surface area (Å²) in [7, 11) is 0. The highest BCUT2D eigenvalue weighted by molar-refractivity contribution is 5.38. The van der Waals surface area contributed by atoms with Gasteiger partial charge in [-0.15, -0.1) is 6.58 Å². The van der Waals surface area contributed by atoms with E-state index >= 15 is 0 Å². The standard InChI is InChI=1S/C13H15F3O/c1-4-9(3)10-6-11(13(14,15)16)8-12(7-10)17-5-2/h4,6-9H,1,5H2,2-3H3. The van der Waals surface area contributed by atoms with Gasteiger partial charge in [0.15, 0.2) is 0 Å². The van der Waals surface area contributed by atoms with Crippen molar-refractivity contribution in [1.82, 2.24) is 0 Å². The van der Waals surface area contributed by atoms with Crippen LogP contribution in [0.2, 0.25) is 0 Å². The molecule has 0 saturated heterocycles. The van der Waals surface area contributed by atoms with E-state index < -0.39 is 11.7 Å². The van der Waals surface area contributed by atoms with E-state index in [1.54, 1.807) is 26.0 Å². The third kappa shape index (κ3) is 3.51. The van der Waals surface area contributed by atoms with Gasteiger partial charge in [-0.1, -0.05) is 13.0 Å². The van der Waals surface area contributed by atoms with Gasteiger partial charge in [-0.25, -0.2) is 0 Å². The molecule has 0 N–H and O–H groups in total. The molecule has 0 fully saturated rings. The fraction of sp³-hybridized carbons (Fsp3) is 0.385. The number of hydrogen-bond donors (Lipinski definition) is 0. The molecule has 1 rings (SSSR count). The van der Waals surface area contributed by atoms with Crippen molar-refractivity contribution in [2.45, 2.75) is 25.9 Å². The Morgan fingerprint density at radius 2 is 2.00 bits per heavy atom. The van der Waals surface area contributed by atoms with E-state index in [0.29, 0.717) is 12.2 Å². The average molecular weight is 244 g/mol. The zero-order chi connectivity index (χ0) is 13.1. The third-order valence-electron chi connectivity index (χ3n) is 2.45. The van der Waals surface area contributed by atoms with E-state index in [1.165, 1.54) is 0 Å². The Balaban J connectivity index is 3.23. The van der Waals surface area contributed by atoms with E-state index in [9.17, 15) is 13.2 Å². The molecule has 0 saturated carbocycles. The van der Waals surface area contributed by atoms with Gasteiger partial charge in [-0.3, -0.25) is 0 Å². The summed E-state index contributed by atoms with van der Waals surface area (Å²) in [5.41, 5.74) is -0.134. The molecule has 0 spiro atoms. The molecular formula is C13H15F3O. The highest BCUT2D eigenvalue weighted by Crippen LogP contribution is 2.34. The van der Waals surface area contributed by atoms with Crippen LogP contribution in [-0.4, -0.2) is 6.61 Å². The largest absolute Gasteiger partial charge is 0.494 e. The first-order chi connectivity index (χ1) is 7.88. The van der Waals surface area contributed by atoms with Crippen LogP contribution < -0.4 is 4.74 Å². The second-order valence-electron chi connectivity index (χ2n) is 3.75. The van der Waals surface area contributed by atoms with Crippen LogP contribution in [-0.2, 0) is 6.18 Å². The van der Waals surface area contributed by atoms with Gasteiger partial charge in [0.05, 0.1) is 12.2 Å². The Kier molecular flexibility index (Phi) is 4.21. The van der Waals surface area contributed by atoms with Gasteiger partial charge < -0.3 is 4.74 Å². The monoisotopic (exact) mass is 244 g/mol. The summed E-state index contributed by atoms with van der Waals surface area (Å²) in [5, 5.41) is 0. The van der Waals surface area contributed by atoms with Crippen LogP contribution in [0.15, 0.2) is 30.9 Å². The Morgan fingerprint density at radius 1 is 1.35 bits per heavy atom. The molecule has 1 aromatic carbocycles. The van der Waals surface area contributed by atoms with E-state index in [-0.39, 0.29) is 11.7 Å². The number of alkyl halides is 3. The van der Waals surface area contributed by atoms with Crippen molar-refractivity contribution >= 4 is 0 Å². The van der Waals surface area contributed by atoms with Crippen molar-refractivity contribution in [3.05, 3.63) is 42.0 Å². The van der Waals surface area contributed by atoms with Crippen molar-refractivity contribution < 1.29 is 17.9 Å². The predicted molar refractivity (Wildman–Crippen MR) is 61.2 cm³/mol. The van der Waals surface area contributed by atoms with Gasteiger partial charge in [0.1, 0.15) is 5.75 Å². The quantitative estimate of drug-likeness (QED) is 0.713. The molecule has 4 heteroatoms. The Morgan fingerprint density at radius 3 is 2.47 bits per heavy atom. The van der Waals surface area contributed by atoms with E-state index in [0.717, 1.165) is 12.1 Å². The zero-order valence-electron chi connectivity index (χ0n) is 9.84. The SMILES string of the molecule is C=CC(C)c1cc(OCC)cc(C(F)(F)F)c1. The number of ether oxygens (including phenoxy) is 1. The summed E-state index contributed by atoms with van der Waals surface area (Å²) in [6.45, 7) is 7.44. The van der Waals surface area contributed by atoms with Gasteiger partial charge in [0.2, 0.25) is 0 Å². The van der Waals surface area contributed by atoms with Crippen molar-refractivity contribution in [2.75, 3.05) is 6.61 Å². The third-order valence-corrected chi connectivity index (χ3v) is 2.45. The van der Waals surface area contributed by atoms with Gasteiger partial charge in [-0.2, -0.15) is 13.2 Å². The molecule has 0 amide bonds. The molecule has 0 bridgehead atoms. The van der Waals surface area contributed by atoms with Gasteiger partial charge in [-0.05, 0) is 36.6 Å². The lowest BCUT2D eigenvalue weighted by molar-refractivity contribution is -0.137. The molecular weight excluding hydrogens is 229 g/mol. The molecule has 1 atom stereocenters. The fourth-order valence-electron chi connectivity index (χ4n) is 1.43. The van der Waals surface area contributed by atoms with Crippen LogP contribution >= 0.6 is 0 Å². The lowest BCUT2D eigenvalue weighted by Gasteiger charge is -2.14. The number of allylic oxidation sites excluding steroid dienone is 1. The molecule has 0 aromatic heterocycles. The summed E-state index contributed by atoms with van der Waals surface area (Å²) in [6, 6.07) is 3.77. The van der Waals surface area contributed by atoms with Crippen LogP contribution in [0.4, 0.5) is 13.2 Å². The Hall–Kier alpha value is -1.45. The summed E-state index contributed by atoms with van der Waals surface area (Å²) in [6.07, 6.45) is -2.76. The molecule has 94 valence electrons. The van der Waals surface area contributed by atoms with Crippen LogP contribution in [0.3, 0.4) is 0 Å². The van der Waals surface area contributed by atoms with E-state index in [4.69, 9.17) is 4.74 Å². The molecule has 0 aliphatic heterocycles. The minimum Gasteiger partial charge on any atom is -0.494 e. The summed E-state index contributed by atoms with van der Waals surface area (Å²) >= 11 is 0. The number of rotatable bonds is 4. The lowest BCUT2D eigenvalue weighted by Crippen LogP contribution is -2.07.